The summed E-state index contributed by atoms with van der Waals surface area (Å²) in [5.74, 6) is -0.957. The summed E-state index contributed by atoms with van der Waals surface area (Å²) in [6.45, 7) is 6.40. The first-order chi connectivity index (χ1) is 31.0. The van der Waals surface area contributed by atoms with E-state index in [1.165, 1.54) is 96.3 Å². The van der Waals surface area contributed by atoms with Crippen molar-refractivity contribution in [2.24, 2.45) is 0 Å². The van der Waals surface area contributed by atoms with Crippen LogP contribution < -0.4 is 0 Å². The minimum atomic E-state index is -0.799. The average molecular weight is 875 g/mol. The van der Waals surface area contributed by atoms with Crippen LogP contribution in [-0.4, -0.2) is 37.2 Å². The molecule has 63 heavy (non-hydrogen) atoms. The third-order valence-electron chi connectivity index (χ3n) is 10.8. The monoisotopic (exact) mass is 875 g/mol. The average Bonchev–Trinajstić information content (AvgIpc) is 3.28. The normalized spacial score (nSPS) is 12.9. The summed E-state index contributed by atoms with van der Waals surface area (Å²) in [6, 6.07) is 0. The van der Waals surface area contributed by atoms with Crippen molar-refractivity contribution in [3.8, 4) is 0 Å². The van der Waals surface area contributed by atoms with Crippen LogP contribution in [0.3, 0.4) is 0 Å². The fourth-order valence-corrected chi connectivity index (χ4v) is 6.88. The number of allylic oxidation sites excluding steroid dienone is 16. The molecule has 0 spiro atoms. The summed E-state index contributed by atoms with van der Waals surface area (Å²) in [5, 5.41) is 0. The number of hydrogen-bond donors (Lipinski definition) is 0. The minimum absolute atomic E-state index is 0.0980. The largest absolute Gasteiger partial charge is 0.462 e. The quantitative estimate of drug-likeness (QED) is 0.0199. The Hall–Kier alpha value is -3.67. The van der Waals surface area contributed by atoms with Gasteiger partial charge >= 0.3 is 17.9 Å². The van der Waals surface area contributed by atoms with E-state index in [1.54, 1.807) is 0 Å². The van der Waals surface area contributed by atoms with Gasteiger partial charge in [0.25, 0.3) is 0 Å². The fourth-order valence-electron chi connectivity index (χ4n) is 6.88. The molecule has 0 amide bonds. The number of esters is 3. The van der Waals surface area contributed by atoms with E-state index in [9.17, 15) is 14.4 Å². The van der Waals surface area contributed by atoms with Gasteiger partial charge in [0.1, 0.15) is 13.2 Å². The van der Waals surface area contributed by atoms with Gasteiger partial charge in [0.2, 0.25) is 0 Å². The Balaban J connectivity index is 4.46. The number of ether oxygens (including phenoxy) is 3. The first kappa shape index (κ1) is 59.3. The lowest BCUT2D eigenvalue weighted by molar-refractivity contribution is -0.167. The second-order valence-corrected chi connectivity index (χ2v) is 16.9. The van der Waals surface area contributed by atoms with Crippen molar-refractivity contribution in [2.75, 3.05) is 13.2 Å². The summed E-state index contributed by atoms with van der Waals surface area (Å²) < 4.78 is 16.7. The Morgan fingerprint density at radius 2 is 0.651 bits per heavy atom. The predicted molar refractivity (Wildman–Crippen MR) is 270 cm³/mol. The van der Waals surface area contributed by atoms with Crippen LogP contribution in [-0.2, 0) is 28.6 Å². The number of rotatable bonds is 45. The zero-order valence-corrected chi connectivity index (χ0v) is 40.8. The summed E-state index contributed by atoms with van der Waals surface area (Å²) in [7, 11) is 0. The maximum atomic E-state index is 12.8. The summed E-state index contributed by atoms with van der Waals surface area (Å²) in [5.41, 5.74) is 0. The van der Waals surface area contributed by atoms with Gasteiger partial charge in [-0.25, -0.2) is 0 Å². The molecule has 0 radical (unpaired) electrons. The highest BCUT2D eigenvalue weighted by Crippen LogP contribution is 2.15. The number of hydrogen-bond acceptors (Lipinski definition) is 6. The lowest BCUT2D eigenvalue weighted by Gasteiger charge is -2.18. The van der Waals surface area contributed by atoms with Crippen molar-refractivity contribution in [3.05, 3.63) is 97.2 Å². The second-order valence-electron chi connectivity index (χ2n) is 16.9. The molecule has 0 saturated heterocycles. The van der Waals surface area contributed by atoms with Crippen molar-refractivity contribution in [1.82, 2.24) is 0 Å². The van der Waals surface area contributed by atoms with Gasteiger partial charge in [-0.15, -0.1) is 0 Å². The molecule has 0 aromatic heterocycles. The van der Waals surface area contributed by atoms with E-state index in [0.717, 1.165) is 89.9 Å². The molecule has 1 unspecified atom stereocenters. The highest BCUT2D eigenvalue weighted by atomic mass is 16.6. The van der Waals surface area contributed by atoms with E-state index in [-0.39, 0.29) is 31.1 Å². The van der Waals surface area contributed by atoms with E-state index in [0.29, 0.717) is 19.3 Å². The molecule has 0 aliphatic carbocycles. The van der Waals surface area contributed by atoms with Crippen molar-refractivity contribution < 1.29 is 28.6 Å². The standard InChI is InChI=1S/C57H94O6/c1-4-7-10-13-16-19-22-24-26-28-29-30-32-33-35-38-41-44-47-50-56(59)62-53-54(52-61-55(58)49-46-43-40-37-21-18-15-12-9-6-3)63-57(60)51-48-45-42-39-36-34-31-27-25-23-20-17-14-11-8-5-2/h7,10,13,15-16,18-19,22,24,26,28-30,32-33,35,54H,4-6,8-9,11-12,14,17,20-21,23,25,27,31,34,36-53H2,1-3H3/b10-7-,16-13-,18-15-,22-19-,26-24-,29-28+,32-30-,35-33-. The molecule has 0 aromatic rings. The first-order valence-electron chi connectivity index (χ1n) is 25.8. The van der Waals surface area contributed by atoms with Crippen molar-refractivity contribution >= 4 is 17.9 Å². The number of carbonyl (C=O) groups excluding carboxylic acids is 3. The molecule has 6 heteroatoms. The molecule has 358 valence electrons. The molecule has 0 N–H and O–H groups in total. The molecule has 0 aliphatic rings. The Kier molecular flexibility index (Phi) is 48.0. The van der Waals surface area contributed by atoms with Crippen LogP contribution in [0.2, 0.25) is 0 Å². The summed E-state index contributed by atoms with van der Waals surface area (Å²) in [6.07, 6.45) is 66.7. The maximum Gasteiger partial charge on any atom is 0.306 e. The van der Waals surface area contributed by atoms with Gasteiger partial charge in [-0.1, -0.05) is 246 Å². The molecule has 0 heterocycles. The summed E-state index contributed by atoms with van der Waals surface area (Å²) in [4.78, 5) is 37.9. The van der Waals surface area contributed by atoms with E-state index in [4.69, 9.17) is 14.2 Å². The first-order valence-corrected chi connectivity index (χ1v) is 25.8. The van der Waals surface area contributed by atoms with Crippen LogP contribution in [0.25, 0.3) is 0 Å². The molecule has 1 atom stereocenters. The summed E-state index contributed by atoms with van der Waals surface area (Å²) >= 11 is 0. The van der Waals surface area contributed by atoms with Gasteiger partial charge in [-0.3, -0.25) is 14.4 Å². The van der Waals surface area contributed by atoms with E-state index in [2.05, 4.69) is 45.1 Å². The molecule has 0 aromatic carbocycles. The van der Waals surface area contributed by atoms with E-state index >= 15 is 0 Å². The van der Waals surface area contributed by atoms with Crippen LogP contribution in [0.5, 0.6) is 0 Å². The predicted octanol–water partition coefficient (Wildman–Crippen LogP) is 17.0. The molecule has 0 aliphatic heterocycles. The molecular weight excluding hydrogens is 781 g/mol. The Morgan fingerprint density at radius 1 is 0.333 bits per heavy atom. The van der Waals surface area contributed by atoms with Gasteiger partial charge in [0.15, 0.2) is 6.10 Å². The number of unbranched alkanes of at least 4 members (excludes halogenated alkanes) is 24. The third kappa shape index (κ3) is 49.2. The lowest BCUT2D eigenvalue weighted by Crippen LogP contribution is -2.30. The van der Waals surface area contributed by atoms with Crippen LogP contribution >= 0.6 is 0 Å². The smallest absolute Gasteiger partial charge is 0.306 e. The van der Waals surface area contributed by atoms with Gasteiger partial charge < -0.3 is 14.2 Å². The van der Waals surface area contributed by atoms with E-state index < -0.39 is 6.10 Å². The second kappa shape index (κ2) is 51.0. The van der Waals surface area contributed by atoms with Gasteiger partial charge in [-0.2, -0.15) is 0 Å². The zero-order chi connectivity index (χ0) is 45.8. The molecular formula is C57H94O6. The van der Waals surface area contributed by atoms with Crippen LogP contribution in [0, 0.1) is 0 Å². The minimum Gasteiger partial charge on any atom is -0.462 e. The topological polar surface area (TPSA) is 78.9 Å². The molecule has 0 rings (SSSR count). The number of carbonyl (C=O) groups is 3. The molecule has 6 nitrogen and oxygen atoms in total. The van der Waals surface area contributed by atoms with E-state index in [1.807, 2.05) is 72.9 Å². The SMILES string of the molecule is CC\C=C/C=C\C=C/C=C\C=C\C=C/C=C\CCCCCC(=O)OCC(COC(=O)CCCCCC/C=C\CCCC)OC(=O)CCCCCCCCCCCCCCCCCC. The van der Waals surface area contributed by atoms with Crippen LogP contribution in [0.4, 0.5) is 0 Å². The van der Waals surface area contributed by atoms with Crippen molar-refractivity contribution in [1.29, 1.82) is 0 Å². The van der Waals surface area contributed by atoms with Crippen LogP contribution in [0.15, 0.2) is 97.2 Å². The van der Waals surface area contributed by atoms with Crippen molar-refractivity contribution in [3.63, 3.8) is 0 Å². The highest BCUT2D eigenvalue weighted by Gasteiger charge is 2.19. The highest BCUT2D eigenvalue weighted by molar-refractivity contribution is 5.71. The van der Waals surface area contributed by atoms with Gasteiger partial charge in [-0.05, 0) is 57.8 Å². The molecule has 0 fully saturated rings. The van der Waals surface area contributed by atoms with Gasteiger partial charge in [0, 0.05) is 19.3 Å². The Labute approximate surface area is 387 Å². The van der Waals surface area contributed by atoms with Crippen LogP contribution in [0.1, 0.15) is 226 Å². The molecule has 0 saturated carbocycles. The Morgan fingerprint density at radius 3 is 1.08 bits per heavy atom. The zero-order valence-electron chi connectivity index (χ0n) is 40.8. The van der Waals surface area contributed by atoms with Gasteiger partial charge in [0.05, 0.1) is 0 Å². The third-order valence-corrected chi connectivity index (χ3v) is 10.8. The molecule has 0 bridgehead atoms. The Bertz CT molecular complexity index is 1280. The lowest BCUT2D eigenvalue weighted by atomic mass is 10.0. The van der Waals surface area contributed by atoms with Crippen molar-refractivity contribution in [2.45, 2.75) is 232 Å². The maximum absolute atomic E-state index is 12.8. The fraction of sp³-hybridized carbons (Fsp3) is 0.667.